The summed E-state index contributed by atoms with van der Waals surface area (Å²) in [5, 5.41) is 0. The first-order valence-electron chi connectivity index (χ1n) is 9.61. The highest BCUT2D eigenvalue weighted by molar-refractivity contribution is 7.91. The molecule has 2 unspecified atom stereocenters. The number of carbonyl (C=O) groups is 2. The fourth-order valence-electron chi connectivity index (χ4n) is 3.83. The molecule has 30 heavy (non-hydrogen) atoms. The smallest absolute Gasteiger partial charge is 0.355 e. The van der Waals surface area contributed by atoms with Gasteiger partial charge in [0.05, 0.1) is 23.0 Å². The molecule has 0 spiro atoms. The molecule has 1 aromatic heterocycles. The molecule has 8 nitrogen and oxygen atoms in total. The predicted octanol–water partition coefficient (Wildman–Crippen LogP) is 1.29. The summed E-state index contributed by atoms with van der Waals surface area (Å²) in [5.74, 6) is -2.09. The van der Waals surface area contributed by atoms with Gasteiger partial charge in [-0.3, -0.25) is 20.4 Å². The highest BCUT2D eigenvalue weighted by atomic mass is 32.2. The maximum absolute atomic E-state index is 13.3. The number of hydrogen-bond donors (Lipinski definition) is 2. The number of alkyl halides is 3. The zero-order valence-corrected chi connectivity index (χ0v) is 16.9. The van der Waals surface area contributed by atoms with Gasteiger partial charge in [0.1, 0.15) is 5.82 Å². The molecule has 2 saturated heterocycles. The van der Waals surface area contributed by atoms with Gasteiger partial charge in [-0.15, -0.1) is 0 Å². The van der Waals surface area contributed by atoms with E-state index >= 15 is 0 Å². The second kappa shape index (κ2) is 8.78. The minimum absolute atomic E-state index is 0.0147. The van der Waals surface area contributed by atoms with Crippen molar-refractivity contribution in [2.45, 2.75) is 31.9 Å². The topological polar surface area (TPSA) is 108 Å². The molecule has 3 rings (SSSR count). The zero-order valence-electron chi connectivity index (χ0n) is 16.1. The Morgan fingerprint density at radius 3 is 2.67 bits per heavy atom. The molecule has 2 N–H and O–H groups in total. The first kappa shape index (κ1) is 22.3. The van der Waals surface area contributed by atoms with Crippen LogP contribution in [-0.4, -0.2) is 49.8 Å². The van der Waals surface area contributed by atoms with Crippen molar-refractivity contribution in [1.29, 1.82) is 0 Å². The Morgan fingerprint density at radius 2 is 2.00 bits per heavy atom. The van der Waals surface area contributed by atoms with Crippen molar-refractivity contribution in [3.8, 4) is 0 Å². The summed E-state index contributed by atoms with van der Waals surface area (Å²) in [5.41, 5.74) is 3.73. The summed E-state index contributed by atoms with van der Waals surface area (Å²) >= 11 is 0. The van der Waals surface area contributed by atoms with Crippen LogP contribution in [0.2, 0.25) is 0 Å². The van der Waals surface area contributed by atoms with Crippen molar-refractivity contribution in [2.75, 3.05) is 29.5 Å². The van der Waals surface area contributed by atoms with Crippen LogP contribution in [0.5, 0.6) is 0 Å². The molecule has 12 heteroatoms. The van der Waals surface area contributed by atoms with E-state index < -0.39 is 39.3 Å². The Labute approximate surface area is 172 Å². The summed E-state index contributed by atoms with van der Waals surface area (Å²) in [6.07, 6.45) is -1.92. The summed E-state index contributed by atoms with van der Waals surface area (Å²) < 4.78 is 62.7. The maximum atomic E-state index is 13.3. The van der Waals surface area contributed by atoms with Crippen LogP contribution in [0.3, 0.4) is 0 Å². The van der Waals surface area contributed by atoms with E-state index in [-0.39, 0.29) is 36.2 Å². The van der Waals surface area contributed by atoms with Crippen molar-refractivity contribution >= 4 is 27.5 Å². The summed E-state index contributed by atoms with van der Waals surface area (Å²) in [6.45, 7) is 0.384. The second-order valence-corrected chi connectivity index (χ2v) is 9.90. The van der Waals surface area contributed by atoms with E-state index in [0.29, 0.717) is 25.8 Å². The minimum atomic E-state index is -4.56. The first-order chi connectivity index (χ1) is 14.0. The Kier molecular flexibility index (Phi) is 6.53. The molecule has 3 heterocycles. The summed E-state index contributed by atoms with van der Waals surface area (Å²) in [4.78, 5) is 29.7. The molecule has 0 aromatic carbocycles. The Bertz CT molecular complexity index is 907. The van der Waals surface area contributed by atoms with E-state index in [0.717, 1.165) is 6.07 Å². The molecule has 0 bridgehead atoms. The number of sulfone groups is 1. The van der Waals surface area contributed by atoms with E-state index in [1.54, 1.807) is 0 Å². The molecule has 166 valence electrons. The van der Waals surface area contributed by atoms with Gasteiger partial charge in [-0.25, -0.2) is 13.4 Å². The fourth-order valence-corrected chi connectivity index (χ4v) is 5.70. The first-order valence-corrected chi connectivity index (χ1v) is 11.4. The highest BCUT2D eigenvalue weighted by Crippen LogP contribution is 2.36. The molecular formula is C18H23F3N4O4S. The van der Waals surface area contributed by atoms with Crippen LogP contribution in [0.25, 0.3) is 0 Å². The number of rotatable bonds is 4. The fraction of sp³-hybridized carbons (Fsp3) is 0.611. The average Bonchev–Trinajstić information content (AvgIpc) is 3.03. The molecule has 2 aliphatic heterocycles. The number of hydrazine groups is 1. The lowest BCUT2D eigenvalue weighted by atomic mass is 9.97. The number of carbonyl (C=O) groups excluding carboxylic acids is 2. The van der Waals surface area contributed by atoms with Crippen molar-refractivity contribution in [3.63, 3.8) is 0 Å². The Hall–Kier alpha value is -2.37. The van der Waals surface area contributed by atoms with Crippen LogP contribution in [-0.2, 0) is 25.6 Å². The van der Waals surface area contributed by atoms with E-state index in [1.807, 2.05) is 0 Å². The Morgan fingerprint density at radius 1 is 1.23 bits per heavy atom. The third-order valence-electron chi connectivity index (χ3n) is 5.31. The van der Waals surface area contributed by atoms with Gasteiger partial charge in [-0.1, -0.05) is 0 Å². The number of piperidine rings is 1. The number of nitrogens with zero attached hydrogens (tertiary/aromatic N) is 2. The molecule has 2 atom stereocenters. The van der Waals surface area contributed by atoms with Gasteiger partial charge < -0.3 is 4.90 Å². The third kappa shape index (κ3) is 5.61. The van der Waals surface area contributed by atoms with Crippen LogP contribution < -0.4 is 15.8 Å². The number of halogens is 3. The molecule has 0 saturated carbocycles. The summed E-state index contributed by atoms with van der Waals surface area (Å²) in [6, 6.07) is 2.17. The number of amides is 2. The van der Waals surface area contributed by atoms with Crippen molar-refractivity contribution in [2.24, 2.45) is 11.8 Å². The van der Waals surface area contributed by atoms with Crippen LogP contribution in [0.4, 0.5) is 19.0 Å². The largest absolute Gasteiger partial charge is 0.419 e. The van der Waals surface area contributed by atoms with Gasteiger partial charge in [-0.2, -0.15) is 13.2 Å². The van der Waals surface area contributed by atoms with Crippen LogP contribution >= 0.6 is 0 Å². The second-order valence-electron chi connectivity index (χ2n) is 7.67. The minimum Gasteiger partial charge on any atom is -0.355 e. The molecule has 2 amide bonds. The summed E-state index contributed by atoms with van der Waals surface area (Å²) in [7, 11) is -3.09. The van der Waals surface area contributed by atoms with Crippen molar-refractivity contribution < 1.29 is 31.2 Å². The van der Waals surface area contributed by atoms with Gasteiger partial charge >= 0.3 is 6.18 Å². The van der Waals surface area contributed by atoms with E-state index in [2.05, 4.69) is 15.8 Å². The van der Waals surface area contributed by atoms with Crippen molar-refractivity contribution in [3.05, 3.63) is 23.9 Å². The third-order valence-corrected chi connectivity index (χ3v) is 7.15. The van der Waals surface area contributed by atoms with E-state index in [9.17, 15) is 31.2 Å². The molecule has 0 aliphatic carbocycles. The molecule has 1 aromatic rings. The van der Waals surface area contributed by atoms with Crippen LogP contribution in [0, 0.1) is 11.8 Å². The number of anilines is 1. The average molecular weight is 448 g/mol. The van der Waals surface area contributed by atoms with E-state index in [1.165, 1.54) is 17.2 Å². The number of aromatic nitrogens is 1. The monoisotopic (exact) mass is 448 g/mol. The zero-order chi connectivity index (χ0) is 21.9. The number of hydrogen-bond acceptors (Lipinski definition) is 6. The number of pyridine rings is 1. The van der Waals surface area contributed by atoms with Gasteiger partial charge in [0, 0.05) is 25.7 Å². The van der Waals surface area contributed by atoms with Crippen molar-refractivity contribution in [1.82, 2.24) is 15.8 Å². The standard InChI is InChI=1S/C18H23F3N4O4S/c19-18(20,21)14-4-1-6-22-16(14)25-7-2-3-13(10-25)17(27)24-23-15(26)9-12-5-8-30(28,29)11-12/h1,4,6,12-13H,2-3,5,7-11H2,(H,23,26)(H,24,27). The van der Waals surface area contributed by atoms with Gasteiger partial charge in [-0.05, 0) is 37.3 Å². The molecule has 0 radical (unpaired) electrons. The molecule has 2 aliphatic rings. The van der Waals surface area contributed by atoms with Crippen LogP contribution in [0.1, 0.15) is 31.2 Å². The van der Waals surface area contributed by atoms with E-state index in [4.69, 9.17) is 0 Å². The van der Waals surface area contributed by atoms with Crippen LogP contribution in [0.15, 0.2) is 18.3 Å². The van der Waals surface area contributed by atoms with Gasteiger partial charge in [0.15, 0.2) is 9.84 Å². The lowest BCUT2D eigenvalue weighted by Crippen LogP contribution is -2.49. The normalized spacial score (nSPS) is 23.8. The lowest BCUT2D eigenvalue weighted by Gasteiger charge is -2.34. The Balaban J connectivity index is 1.54. The van der Waals surface area contributed by atoms with Gasteiger partial charge in [0.25, 0.3) is 0 Å². The SMILES string of the molecule is O=C(CC1CCS(=O)(=O)C1)NNC(=O)C1CCCN(c2ncccc2C(F)(F)F)C1. The lowest BCUT2D eigenvalue weighted by molar-refractivity contribution is -0.137. The quantitative estimate of drug-likeness (QED) is 0.672. The highest BCUT2D eigenvalue weighted by Gasteiger charge is 2.37. The molecular weight excluding hydrogens is 425 g/mol. The number of nitrogens with one attached hydrogen (secondary N) is 2. The maximum Gasteiger partial charge on any atom is 0.419 e. The molecule has 2 fully saturated rings. The van der Waals surface area contributed by atoms with Gasteiger partial charge in [0.2, 0.25) is 11.8 Å². The predicted molar refractivity (Wildman–Crippen MR) is 102 cm³/mol.